The molecule has 2 aromatic heterocycles. The van der Waals surface area contributed by atoms with Gasteiger partial charge in [-0.15, -0.1) is 0 Å². The van der Waals surface area contributed by atoms with Crippen LogP contribution in [0.2, 0.25) is 0 Å². The molecule has 0 fully saturated rings. The van der Waals surface area contributed by atoms with Crippen molar-refractivity contribution in [1.82, 2.24) is 14.5 Å². The lowest BCUT2D eigenvalue weighted by atomic mass is 10.1. The summed E-state index contributed by atoms with van der Waals surface area (Å²) >= 11 is 0. The first-order valence-corrected chi connectivity index (χ1v) is 10.2. The number of imidazole rings is 1. The first-order valence-electron chi connectivity index (χ1n) is 10.2. The third-order valence-corrected chi connectivity index (χ3v) is 5.14. The Hall–Kier alpha value is -4.26. The number of nitrogens with zero attached hydrogens (tertiary/aromatic N) is 4. The number of hydrogen-bond acceptors (Lipinski definition) is 5. The molecule has 1 aliphatic heterocycles. The molecule has 160 valence electrons. The number of amidine groups is 1. The summed E-state index contributed by atoms with van der Waals surface area (Å²) in [5, 5.41) is 6.89. The topological polar surface area (TPSA) is 106 Å². The Morgan fingerprint density at radius 1 is 1.00 bits per heavy atom. The zero-order chi connectivity index (χ0) is 22.5. The Balaban J connectivity index is 0.000000775. The molecule has 7 heteroatoms. The Bertz CT molecular complexity index is 1310. The molecule has 32 heavy (non-hydrogen) atoms. The third kappa shape index (κ3) is 4.13. The van der Waals surface area contributed by atoms with Crippen LogP contribution in [0.4, 0.5) is 0 Å². The van der Waals surface area contributed by atoms with Gasteiger partial charge in [-0.3, -0.25) is 14.4 Å². The Morgan fingerprint density at radius 2 is 1.72 bits per heavy atom. The van der Waals surface area contributed by atoms with Crippen molar-refractivity contribution in [3.05, 3.63) is 84.2 Å². The SMILES string of the molecule is Cc1ccc(-n2c(C3=CCCN=C3N)nc3ccc(-c4ccccc4)nc32)cc1.O=CO. The van der Waals surface area contributed by atoms with E-state index >= 15 is 0 Å². The van der Waals surface area contributed by atoms with E-state index in [2.05, 4.69) is 59.0 Å². The Kier molecular flexibility index (Phi) is 6.07. The van der Waals surface area contributed by atoms with Gasteiger partial charge in [0.15, 0.2) is 5.65 Å². The van der Waals surface area contributed by atoms with Crippen LogP contribution in [0.15, 0.2) is 77.8 Å². The number of hydrogen-bond donors (Lipinski definition) is 2. The zero-order valence-electron chi connectivity index (χ0n) is 17.6. The summed E-state index contributed by atoms with van der Waals surface area (Å²) in [6.07, 6.45) is 2.97. The fourth-order valence-electron chi connectivity index (χ4n) is 3.64. The molecule has 7 nitrogen and oxygen atoms in total. The van der Waals surface area contributed by atoms with Gasteiger partial charge in [-0.2, -0.15) is 0 Å². The highest BCUT2D eigenvalue weighted by molar-refractivity contribution is 6.22. The minimum atomic E-state index is -0.250. The molecule has 0 atom stereocenters. The number of rotatable bonds is 3. The largest absolute Gasteiger partial charge is 0.483 e. The van der Waals surface area contributed by atoms with Crippen molar-refractivity contribution < 1.29 is 9.90 Å². The highest BCUT2D eigenvalue weighted by atomic mass is 16.3. The molecule has 0 saturated carbocycles. The van der Waals surface area contributed by atoms with Crippen LogP contribution in [0, 0.1) is 6.92 Å². The molecule has 3 heterocycles. The number of nitrogens with two attached hydrogens (primary N) is 1. The minimum absolute atomic E-state index is 0.250. The monoisotopic (exact) mass is 425 g/mol. The van der Waals surface area contributed by atoms with Crippen LogP contribution in [0.5, 0.6) is 0 Å². The molecule has 0 unspecified atom stereocenters. The van der Waals surface area contributed by atoms with Gasteiger partial charge >= 0.3 is 0 Å². The number of benzene rings is 2. The van der Waals surface area contributed by atoms with Crippen LogP contribution in [0.1, 0.15) is 17.8 Å². The lowest BCUT2D eigenvalue weighted by Gasteiger charge is -2.14. The molecule has 2 aromatic carbocycles. The number of dihydropyridines is 1. The number of carboxylic acid groups (broad SMARTS) is 1. The summed E-state index contributed by atoms with van der Waals surface area (Å²) in [5.74, 6) is 1.31. The Morgan fingerprint density at radius 3 is 2.41 bits per heavy atom. The molecule has 0 bridgehead atoms. The summed E-state index contributed by atoms with van der Waals surface area (Å²) in [5.41, 5.74) is 12.9. The average molecular weight is 425 g/mol. The van der Waals surface area contributed by atoms with E-state index in [1.807, 2.05) is 30.3 Å². The van der Waals surface area contributed by atoms with Gasteiger partial charge in [0.25, 0.3) is 6.47 Å². The molecule has 3 N–H and O–H groups in total. The standard InChI is InChI=1S/C24H21N5.CH2O2/c1-16-9-11-18(12-10-16)29-23(19-8-5-15-26-22(19)25)28-21-14-13-20(27-24(21)29)17-6-3-2-4-7-17;2-1-3/h2-4,6-14H,5,15H2,1H3,(H2,25,26);1H,(H,2,3). The molecule has 0 spiro atoms. The fraction of sp³-hybridized carbons (Fsp3) is 0.120. The lowest BCUT2D eigenvalue weighted by Crippen LogP contribution is -2.20. The summed E-state index contributed by atoms with van der Waals surface area (Å²) in [6.45, 7) is 2.55. The van der Waals surface area contributed by atoms with Crippen LogP contribution in [0.3, 0.4) is 0 Å². The number of pyridine rings is 1. The van der Waals surface area contributed by atoms with Crippen molar-refractivity contribution in [3.8, 4) is 16.9 Å². The predicted molar refractivity (Wildman–Crippen MR) is 127 cm³/mol. The second-order valence-electron chi connectivity index (χ2n) is 7.29. The molecule has 1 aliphatic rings. The number of carbonyl (C=O) groups is 1. The van der Waals surface area contributed by atoms with Crippen LogP contribution in [-0.4, -0.2) is 38.5 Å². The quantitative estimate of drug-likeness (QED) is 0.478. The zero-order valence-corrected chi connectivity index (χ0v) is 17.6. The van der Waals surface area contributed by atoms with E-state index in [1.165, 1.54) is 5.56 Å². The van der Waals surface area contributed by atoms with Crippen molar-refractivity contribution in [2.45, 2.75) is 13.3 Å². The van der Waals surface area contributed by atoms with E-state index in [9.17, 15) is 0 Å². The summed E-state index contributed by atoms with van der Waals surface area (Å²) in [6, 6.07) is 22.6. The smallest absolute Gasteiger partial charge is 0.290 e. The number of aliphatic imine (C=N–C) groups is 1. The van der Waals surface area contributed by atoms with E-state index in [-0.39, 0.29) is 6.47 Å². The number of aromatic nitrogens is 3. The molecule has 4 aromatic rings. The van der Waals surface area contributed by atoms with Crippen molar-refractivity contribution in [2.24, 2.45) is 10.7 Å². The minimum Gasteiger partial charge on any atom is -0.483 e. The second kappa shape index (κ2) is 9.26. The Labute approximate surface area is 185 Å². The normalized spacial score (nSPS) is 13.0. The van der Waals surface area contributed by atoms with Crippen LogP contribution in [0.25, 0.3) is 33.7 Å². The van der Waals surface area contributed by atoms with Gasteiger partial charge < -0.3 is 10.8 Å². The average Bonchev–Trinajstić information content (AvgIpc) is 3.19. The third-order valence-electron chi connectivity index (χ3n) is 5.14. The van der Waals surface area contributed by atoms with Gasteiger partial charge in [0, 0.05) is 17.8 Å². The predicted octanol–water partition coefficient (Wildman–Crippen LogP) is 4.24. The fourth-order valence-corrected chi connectivity index (χ4v) is 3.64. The molecule has 0 amide bonds. The van der Waals surface area contributed by atoms with Crippen molar-refractivity contribution in [3.63, 3.8) is 0 Å². The van der Waals surface area contributed by atoms with E-state index in [0.717, 1.165) is 52.5 Å². The maximum Gasteiger partial charge on any atom is 0.290 e. The van der Waals surface area contributed by atoms with Gasteiger partial charge in [0.1, 0.15) is 17.2 Å². The molecular formula is C25H23N5O2. The lowest BCUT2D eigenvalue weighted by molar-refractivity contribution is -0.122. The van der Waals surface area contributed by atoms with Crippen molar-refractivity contribution in [2.75, 3.05) is 6.54 Å². The summed E-state index contributed by atoms with van der Waals surface area (Å²) in [7, 11) is 0. The maximum atomic E-state index is 8.36. The van der Waals surface area contributed by atoms with Gasteiger partial charge in [-0.25, -0.2) is 9.97 Å². The van der Waals surface area contributed by atoms with Gasteiger partial charge in [0.2, 0.25) is 0 Å². The molecule has 0 aliphatic carbocycles. The highest BCUT2D eigenvalue weighted by Crippen LogP contribution is 2.29. The van der Waals surface area contributed by atoms with Crippen LogP contribution < -0.4 is 5.73 Å². The van der Waals surface area contributed by atoms with E-state index in [0.29, 0.717) is 5.84 Å². The highest BCUT2D eigenvalue weighted by Gasteiger charge is 2.21. The van der Waals surface area contributed by atoms with E-state index < -0.39 is 0 Å². The van der Waals surface area contributed by atoms with Gasteiger partial charge in [-0.05, 0) is 37.6 Å². The summed E-state index contributed by atoms with van der Waals surface area (Å²) in [4.78, 5) is 22.7. The van der Waals surface area contributed by atoms with Crippen molar-refractivity contribution >= 4 is 29.0 Å². The van der Waals surface area contributed by atoms with E-state index in [1.54, 1.807) is 0 Å². The molecular weight excluding hydrogens is 402 g/mol. The number of aryl methyl sites for hydroxylation is 1. The van der Waals surface area contributed by atoms with Gasteiger partial charge in [-0.1, -0.05) is 54.1 Å². The van der Waals surface area contributed by atoms with Crippen LogP contribution in [-0.2, 0) is 4.79 Å². The first kappa shape index (κ1) is 21.0. The van der Waals surface area contributed by atoms with E-state index in [4.69, 9.17) is 25.6 Å². The molecule has 5 rings (SSSR count). The molecule has 0 radical (unpaired) electrons. The first-order chi connectivity index (χ1) is 15.6. The maximum absolute atomic E-state index is 8.36. The van der Waals surface area contributed by atoms with Gasteiger partial charge in [0.05, 0.1) is 11.3 Å². The number of fused-ring (bicyclic) bond motifs is 1. The van der Waals surface area contributed by atoms with Crippen LogP contribution >= 0.6 is 0 Å². The molecule has 0 saturated heterocycles. The second-order valence-corrected chi connectivity index (χ2v) is 7.29. The van der Waals surface area contributed by atoms with Crippen molar-refractivity contribution in [1.29, 1.82) is 0 Å². The summed E-state index contributed by atoms with van der Waals surface area (Å²) < 4.78 is 2.08.